The molecular formula is C21H32F3N3O2. The van der Waals surface area contributed by atoms with Gasteiger partial charge in [-0.2, -0.15) is 13.2 Å². The molecule has 0 amide bonds. The van der Waals surface area contributed by atoms with Crippen LogP contribution in [0, 0.1) is 5.92 Å². The molecule has 2 fully saturated rings. The van der Waals surface area contributed by atoms with Crippen LogP contribution in [0.5, 0.6) is 5.75 Å². The summed E-state index contributed by atoms with van der Waals surface area (Å²) in [6.45, 7) is 1.59. The Balaban J connectivity index is 1.69. The summed E-state index contributed by atoms with van der Waals surface area (Å²) >= 11 is 0. The summed E-state index contributed by atoms with van der Waals surface area (Å²) in [7, 11) is 1.61. The van der Waals surface area contributed by atoms with Crippen LogP contribution in [0.25, 0.3) is 0 Å². The van der Waals surface area contributed by atoms with E-state index in [4.69, 9.17) is 15.2 Å². The van der Waals surface area contributed by atoms with Gasteiger partial charge in [0.25, 0.3) is 0 Å². The lowest BCUT2D eigenvalue weighted by molar-refractivity contribution is -0.179. The van der Waals surface area contributed by atoms with Gasteiger partial charge in [-0.15, -0.1) is 0 Å². The topological polar surface area (TPSA) is 59.8 Å². The summed E-state index contributed by atoms with van der Waals surface area (Å²) in [4.78, 5) is 1.99. The van der Waals surface area contributed by atoms with Crippen LogP contribution < -0.4 is 20.7 Å². The highest BCUT2D eigenvalue weighted by Gasteiger charge is 2.41. The van der Waals surface area contributed by atoms with E-state index >= 15 is 0 Å². The number of nitrogens with one attached hydrogen (secondary N) is 1. The molecule has 1 aromatic rings. The number of hydrogen-bond donors (Lipinski definition) is 2. The van der Waals surface area contributed by atoms with Gasteiger partial charge in [0.05, 0.1) is 18.2 Å². The Morgan fingerprint density at radius 2 is 1.76 bits per heavy atom. The first-order valence-corrected chi connectivity index (χ1v) is 10.5. The van der Waals surface area contributed by atoms with E-state index in [1.807, 2.05) is 23.1 Å². The predicted molar refractivity (Wildman–Crippen MR) is 109 cm³/mol. The number of benzene rings is 1. The molecule has 1 aliphatic heterocycles. The van der Waals surface area contributed by atoms with Gasteiger partial charge in [-0.05, 0) is 50.7 Å². The fourth-order valence-electron chi connectivity index (χ4n) is 4.16. The first-order chi connectivity index (χ1) is 13.9. The average Bonchev–Trinajstić information content (AvgIpc) is 2.70. The van der Waals surface area contributed by atoms with Crippen LogP contribution in [0.3, 0.4) is 0 Å². The quantitative estimate of drug-likeness (QED) is 0.655. The predicted octanol–water partition coefficient (Wildman–Crippen LogP) is 4.17. The van der Waals surface area contributed by atoms with Gasteiger partial charge in [-0.25, -0.2) is 0 Å². The summed E-state index contributed by atoms with van der Waals surface area (Å²) in [6, 6.07) is 6.57. The molecular weight excluding hydrogens is 383 g/mol. The Kier molecular flexibility index (Phi) is 7.51. The molecule has 8 heteroatoms. The highest BCUT2D eigenvalue weighted by atomic mass is 19.4. The van der Waals surface area contributed by atoms with Crippen molar-refractivity contribution in [1.82, 2.24) is 0 Å². The number of ether oxygens (including phenoxy) is 2. The maximum absolute atomic E-state index is 13.0. The molecule has 0 atom stereocenters. The Bertz CT molecular complexity index is 641. The van der Waals surface area contributed by atoms with Crippen molar-refractivity contribution in [2.45, 2.75) is 56.8 Å². The van der Waals surface area contributed by atoms with E-state index in [9.17, 15) is 13.2 Å². The van der Waals surface area contributed by atoms with E-state index in [0.717, 1.165) is 37.1 Å². The molecule has 1 aliphatic carbocycles. The van der Waals surface area contributed by atoms with Crippen LogP contribution in [0.4, 0.5) is 24.5 Å². The lowest BCUT2D eigenvalue weighted by Gasteiger charge is -2.35. The van der Waals surface area contributed by atoms with E-state index in [-0.39, 0.29) is 12.8 Å². The molecule has 2 aliphatic rings. The van der Waals surface area contributed by atoms with E-state index in [1.54, 1.807) is 7.11 Å². The van der Waals surface area contributed by atoms with Crippen molar-refractivity contribution in [3.63, 3.8) is 0 Å². The number of alkyl halides is 3. The summed E-state index contributed by atoms with van der Waals surface area (Å²) in [5.74, 6) is -0.528. The maximum atomic E-state index is 13.0. The van der Waals surface area contributed by atoms with Crippen LogP contribution in [-0.4, -0.2) is 51.7 Å². The second-order valence-electron chi connectivity index (χ2n) is 8.08. The summed E-state index contributed by atoms with van der Waals surface area (Å²) < 4.78 is 49.9. The van der Waals surface area contributed by atoms with Gasteiger partial charge >= 0.3 is 6.18 Å². The molecule has 0 spiro atoms. The molecule has 3 rings (SSSR count). The SMILES string of the molecule is COCCOc1cc(NC2CCC(N)CC2)ccc1N1CCC(C(F)(F)F)CC1. The summed E-state index contributed by atoms with van der Waals surface area (Å²) in [5, 5.41) is 3.56. The molecule has 0 radical (unpaired) electrons. The molecule has 5 nitrogen and oxygen atoms in total. The molecule has 29 heavy (non-hydrogen) atoms. The Morgan fingerprint density at radius 3 is 2.38 bits per heavy atom. The minimum absolute atomic E-state index is 0.114. The average molecular weight is 416 g/mol. The second-order valence-corrected chi connectivity index (χ2v) is 8.08. The van der Waals surface area contributed by atoms with Crippen LogP contribution in [-0.2, 0) is 4.74 Å². The van der Waals surface area contributed by atoms with Gasteiger partial charge in [-0.1, -0.05) is 0 Å². The van der Waals surface area contributed by atoms with Crippen molar-refractivity contribution in [3.05, 3.63) is 18.2 Å². The van der Waals surface area contributed by atoms with Gasteiger partial charge < -0.3 is 25.4 Å². The number of anilines is 2. The zero-order valence-corrected chi connectivity index (χ0v) is 17.0. The number of nitrogens with two attached hydrogens (primary N) is 1. The molecule has 0 aromatic heterocycles. The monoisotopic (exact) mass is 415 g/mol. The smallest absolute Gasteiger partial charge is 0.391 e. The highest BCUT2D eigenvalue weighted by Crippen LogP contribution is 2.39. The fourth-order valence-corrected chi connectivity index (χ4v) is 4.16. The minimum Gasteiger partial charge on any atom is -0.489 e. The van der Waals surface area contributed by atoms with E-state index in [1.165, 1.54) is 0 Å². The highest BCUT2D eigenvalue weighted by molar-refractivity contribution is 5.65. The molecule has 0 unspecified atom stereocenters. The number of rotatable bonds is 7. The zero-order chi connectivity index (χ0) is 20.9. The third-order valence-electron chi connectivity index (χ3n) is 5.95. The lowest BCUT2D eigenvalue weighted by Crippen LogP contribution is -2.39. The van der Waals surface area contributed by atoms with Crippen molar-refractivity contribution in [3.8, 4) is 5.75 Å². The second kappa shape index (κ2) is 9.89. The van der Waals surface area contributed by atoms with Crippen molar-refractivity contribution in [1.29, 1.82) is 0 Å². The maximum Gasteiger partial charge on any atom is 0.391 e. The molecule has 1 heterocycles. The van der Waals surface area contributed by atoms with Crippen LogP contribution >= 0.6 is 0 Å². The third-order valence-corrected chi connectivity index (χ3v) is 5.95. The standard InChI is InChI=1S/C21H32F3N3O2/c1-28-12-13-29-20-14-18(26-17-4-2-16(25)3-5-17)6-7-19(20)27-10-8-15(9-11-27)21(22,23)24/h6-7,14-17,26H,2-5,8-13,25H2,1H3. The first kappa shape index (κ1) is 22.0. The van der Waals surface area contributed by atoms with E-state index in [0.29, 0.717) is 44.1 Å². The summed E-state index contributed by atoms with van der Waals surface area (Å²) in [5.41, 5.74) is 7.80. The number of nitrogens with zero attached hydrogens (tertiary/aromatic N) is 1. The number of piperidine rings is 1. The van der Waals surface area contributed by atoms with Gasteiger partial charge in [0.2, 0.25) is 0 Å². The van der Waals surface area contributed by atoms with Gasteiger partial charge in [0.1, 0.15) is 12.4 Å². The number of halogens is 3. The molecule has 1 aromatic carbocycles. The Labute approximate surface area is 170 Å². The van der Waals surface area contributed by atoms with Crippen molar-refractivity contribution >= 4 is 11.4 Å². The molecule has 164 valence electrons. The van der Waals surface area contributed by atoms with Crippen molar-refractivity contribution in [2.24, 2.45) is 11.7 Å². The first-order valence-electron chi connectivity index (χ1n) is 10.5. The van der Waals surface area contributed by atoms with Crippen LogP contribution in [0.15, 0.2) is 18.2 Å². The van der Waals surface area contributed by atoms with E-state index in [2.05, 4.69) is 5.32 Å². The van der Waals surface area contributed by atoms with Crippen LogP contribution in [0.1, 0.15) is 38.5 Å². The van der Waals surface area contributed by atoms with Gasteiger partial charge in [-0.3, -0.25) is 0 Å². The zero-order valence-electron chi connectivity index (χ0n) is 17.0. The Hall–Kier alpha value is -1.67. The van der Waals surface area contributed by atoms with Crippen LogP contribution in [0.2, 0.25) is 0 Å². The third kappa shape index (κ3) is 6.15. The van der Waals surface area contributed by atoms with Crippen molar-refractivity contribution < 1.29 is 22.6 Å². The number of hydrogen-bond acceptors (Lipinski definition) is 5. The molecule has 1 saturated heterocycles. The molecule has 1 saturated carbocycles. The largest absolute Gasteiger partial charge is 0.489 e. The lowest BCUT2D eigenvalue weighted by atomic mass is 9.91. The fraction of sp³-hybridized carbons (Fsp3) is 0.714. The molecule has 0 bridgehead atoms. The van der Waals surface area contributed by atoms with E-state index < -0.39 is 12.1 Å². The normalized spacial score (nSPS) is 23.8. The summed E-state index contributed by atoms with van der Waals surface area (Å²) in [6.07, 6.45) is 0.219. The van der Waals surface area contributed by atoms with Gasteiger partial charge in [0, 0.05) is 44.0 Å². The Morgan fingerprint density at radius 1 is 1.07 bits per heavy atom. The molecule has 3 N–H and O–H groups in total. The minimum atomic E-state index is -4.11. The van der Waals surface area contributed by atoms with Crippen molar-refractivity contribution in [2.75, 3.05) is 43.6 Å². The number of methoxy groups -OCH3 is 1. The van der Waals surface area contributed by atoms with Gasteiger partial charge in [0.15, 0.2) is 0 Å².